The van der Waals surface area contributed by atoms with Crippen molar-refractivity contribution >= 4 is 11.4 Å². The van der Waals surface area contributed by atoms with Gasteiger partial charge >= 0.3 is 0 Å². The Kier molecular flexibility index (Phi) is 5.38. The Labute approximate surface area is 125 Å². The number of likely N-dealkylation sites (N-methyl/N-ethyl adjacent to an activating group) is 1. The molecule has 1 atom stereocenters. The molecule has 6 heteroatoms. The van der Waals surface area contributed by atoms with Crippen LogP contribution < -0.4 is 15.0 Å². The maximum absolute atomic E-state index is 11.1. The highest BCUT2D eigenvalue weighted by Gasteiger charge is 2.20. The molecule has 1 aromatic carbocycles. The lowest BCUT2D eigenvalue weighted by Crippen LogP contribution is -2.44. The van der Waals surface area contributed by atoms with Gasteiger partial charge in [0.25, 0.3) is 5.69 Å². The van der Waals surface area contributed by atoms with Gasteiger partial charge in [0.2, 0.25) is 0 Å². The van der Waals surface area contributed by atoms with Crippen molar-refractivity contribution in [1.29, 1.82) is 0 Å². The summed E-state index contributed by atoms with van der Waals surface area (Å²) in [6.45, 7) is 4.53. The Bertz CT molecular complexity index is 487. The van der Waals surface area contributed by atoms with E-state index in [9.17, 15) is 10.1 Å². The molecule has 0 aromatic heterocycles. The number of nitro benzene ring substituents is 1. The van der Waals surface area contributed by atoms with Crippen LogP contribution in [0.5, 0.6) is 5.75 Å². The number of nitrogens with one attached hydrogen (secondary N) is 1. The monoisotopic (exact) mass is 293 g/mol. The van der Waals surface area contributed by atoms with E-state index in [2.05, 4.69) is 10.2 Å². The topological polar surface area (TPSA) is 67.6 Å². The number of anilines is 1. The third-order valence-electron chi connectivity index (χ3n) is 3.79. The smallest absolute Gasteiger partial charge is 0.275 e. The molecule has 0 aliphatic carbocycles. The molecule has 1 N–H and O–H groups in total. The summed E-state index contributed by atoms with van der Waals surface area (Å²) in [5.74, 6) is 0.566. The van der Waals surface area contributed by atoms with Crippen molar-refractivity contribution < 1.29 is 9.66 Å². The first-order valence-electron chi connectivity index (χ1n) is 7.47. The summed E-state index contributed by atoms with van der Waals surface area (Å²) in [7, 11) is 1.99. The number of hydrogen-bond donors (Lipinski definition) is 1. The number of ether oxygens (including phenoxy) is 1. The van der Waals surface area contributed by atoms with Crippen molar-refractivity contribution in [2.24, 2.45) is 0 Å². The number of nitrogens with zero attached hydrogens (tertiary/aromatic N) is 2. The Balaban J connectivity index is 2.23. The Morgan fingerprint density at radius 2 is 2.29 bits per heavy atom. The van der Waals surface area contributed by atoms with Crippen LogP contribution in [0.2, 0.25) is 0 Å². The summed E-state index contributed by atoms with van der Waals surface area (Å²) in [5.41, 5.74) is 0.915. The van der Waals surface area contributed by atoms with Crippen LogP contribution in [0, 0.1) is 10.1 Å². The first-order valence-corrected chi connectivity index (χ1v) is 7.47. The van der Waals surface area contributed by atoms with E-state index < -0.39 is 0 Å². The van der Waals surface area contributed by atoms with E-state index in [1.807, 2.05) is 20.0 Å². The van der Waals surface area contributed by atoms with Gasteiger partial charge in [-0.15, -0.1) is 0 Å². The van der Waals surface area contributed by atoms with Crippen LogP contribution in [0.4, 0.5) is 11.4 Å². The lowest BCUT2D eigenvalue weighted by molar-refractivity contribution is -0.384. The molecule has 0 saturated carbocycles. The maximum Gasteiger partial charge on any atom is 0.275 e. The van der Waals surface area contributed by atoms with E-state index in [0.29, 0.717) is 18.4 Å². The van der Waals surface area contributed by atoms with Crippen LogP contribution in [-0.4, -0.2) is 37.7 Å². The summed E-state index contributed by atoms with van der Waals surface area (Å²) >= 11 is 0. The molecule has 1 heterocycles. The van der Waals surface area contributed by atoms with Gasteiger partial charge in [0, 0.05) is 37.5 Å². The normalized spacial score (nSPS) is 18.3. The summed E-state index contributed by atoms with van der Waals surface area (Å²) < 4.78 is 5.58. The lowest BCUT2D eigenvalue weighted by atomic mass is 10.1. The van der Waals surface area contributed by atoms with Gasteiger partial charge in [0.05, 0.1) is 17.6 Å². The summed E-state index contributed by atoms with van der Waals surface area (Å²) in [6.07, 6.45) is 3.10. The standard InChI is InChI=1S/C15H23N3O3/c1-3-7-21-15-9-13(8-14(10-15)18(19)20)17(2)12-5-4-6-16-11-12/h8-10,12,16H,3-7,11H2,1-2H3. The fraction of sp³-hybridized carbons (Fsp3) is 0.600. The van der Waals surface area contributed by atoms with Crippen LogP contribution in [0.3, 0.4) is 0 Å². The Morgan fingerprint density at radius 3 is 2.90 bits per heavy atom. The van der Waals surface area contributed by atoms with Crippen molar-refractivity contribution in [2.45, 2.75) is 32.2 Å². The third kappa shape index (κ3) is 4.07. The number of piperidine rings is 1. The Hall–Kier alpha value is -1.82. The lowest BCUT2D eigenvalue weighted by Gasteiger charge is -2.33. The first kappa shape index (κ1) is 15.6. The van der Waals surface area contributed by atoms with Crippen LogP contribution in [0.1, 0.15) is 26.2 Å². The van der Waals surface area contributed by atoms with Crippen LogP contribution >= 0.6 is 0 Å². The zero-order valence-corrected chi connectivity index (χ0v) is 12.7. The molecule has 1 aromatic rings. The van der Waals surface area contributed by atoms with Gasteiger partial charge in [0.1, 0.15) is 5.75 Å². The second-order valence-electron chi connectivity index (χ2n) is 5.40. The minimum Gasteiger partial charge on any atom is -0.493 e. The molecule has 1 aliphatic rings. The van der Waals surface area contributed by atoms with E-state index in [0.717, 1.165) is 38.0 Å². The average Bonchev–Trinajstić information content (AvgIpc) is 2.52. The number of hydrogen-bond acceptors (Lipinski definition) is 5. The van der Waals surface area contributed by atoms with Crippen molar-refractivity contribution in [2.75, 3.05) is 31.6 Å². The van der Waals surface area contributed by atoms with Crippen LogP contribution in [0.15, 0.2) is 18.2 Å². The van der Waals surface area contributed by atoms with E-state index in [1.54, 1.807) is 6.07 Å². The minimum absolute atomic E-state index is 0.0780. The van der Waals surface area contributed by atoms with Gasteiger partial charge in [-0.1, -0.05) is 6.92 Å². The second kappa shape index (κ2) is 7.26. The molecule has 116 valence electrons. The van der Waals surface area contributed by atoms with Crippen molar-refractivity contribution in [3.63, 3.8) is 0 Å². The SMILES string of the molecule is CCCOc1cc(N(C)C2CCCNC2)cc([N+](=O)[O-])c1. The Morgan fingerprint density at radius 1 is 1.48 bits per heavy atom. The second-order valence-corrected chi connectivity index (χ2v) is 5.40. The first-order chi connectivity index (χ1) is 10.1. The molecule has 6 nitrogen and oxygen atoms in total. The number of nitro groups is 1. The molecular formula is C15H23N3O3. The molecule has 0 spiro atoms. The highest BCUT2D eigenvalue weighted by molar-refractivity contribution is 5.58. The molecule has 1 unspecified atom stereocenters. The van der Waals surface area contributed by atoms with E-state index in [1.165, 1.54) is 6.07 Å². The fourth-order valence-corrected chi connectivity index (χ4v) is 2.56. The van der Waals surface area contributed by atoms with Crippen molar-refractivity contribution in [3.05, 3.63) is 28.3 Å². The quantitative estimate of drug-likeness (QED) is 0.645. The van der Waals surface area contributed by atoms with Gasteiger partial charge < -0.3 is 15.0 Å². The van der Waals surface area contributed by atoms with E-state index in [4.69, 9.17) is 4.74 Å². The molecule has 1 fully saturated rings. The predicted octanol–water partition coefficient (Wildman–Crippen LogP) is 2.57. The minimum atomic E-state index is -0.366. The van der Waals surface area contributed by atoms with Crippen molar-refractivity contribution in [1.82, 2.24) is 5.32 Å². The highest BCUT2D eigenvalue weighted by Crippen LogP contribution is 2.30. The summed E-state index contributed by atoms with van der Waals surface area (Å²) in [5, 5.41) is 14.5. The molecule has 21 heavy (non-hydrogen) atoms. The van der Waals surface area contributed by atoms with Gasteiger partial charge in [-0.25, -0.2) is 0 Å². The highest BCUT2D eigenvalue weighted by atomic mass is 16.6. The number of non-ortho nitro benzene ring substituents is 1. The fourth-order valence-electron chi connectivity index (χ4n) is 2.56. The van der Waals surface area contributed by atoms with Gasteiger partial charge in [-0.2, -0.15) is 0 Å². The third-order valence-corrected chi connectivity index (χ3v) is 3.79. The van der Waals surface area contributed by atoms with Crippen molar-refractivity contribution in [3.8, 4) is 5.75 Å². The predicted molar refractivity (Wildman–Crippen MR) is 83.2 cm³/mol. The number of benzene rings is 1. The van der Waals surface area contributed by atoms with Gasteiger partial charge in [-0.3, -0.25) is 10.1 Å². The average molecular weight is 293 g/mol. The van der Waals surface area contributed by atoms with Crippen LogP contribution in [-0.2, 0) is 0 Å². The maximum atomic E-state index is 11.1. The summed E-state index contributed by atoms with van der Waals surface area (Å²) in [4.78, 5) is 12.8. The zero-order chi connectivity index (χ0) is 15.2. The van der Waals surface area contributed by atoms with E-state index >= 15 is 0 Å². The molecule has 0 bridgehead atoms. The largest absolute Gasteiger partial charge is 0.493 e. The molecular weight excluding hydrogens is 270 g/mol. The van der Waals surface area contributed by atoms with Gasteiger partial charge in [-0.05, 0) is 25.8 Å². The molecule has 1 aliphatic heterocycles. The van der Waals surface area contributed by atoms with Crippen LogP contribution in [0.25, 0.3) is 0 Å². The summed E-state index contributed by atoms with van der Waals surface area (Å²) in [6, 6.07) is 5.36. The van der Waals surface area contributed by atoms with E-state index in [-0.39, 0.29) is 10.6 Å². The molecule has 0 radical (unpaired) electrons. The molecule has 2 rings (SSSR count). The molecule has 0 amide bonds. The van der Waals surface area contributed by atoms with Gasteiger partial charge in [0.15, 0.2) is 0 Å². The molecule has 1 saturated heterocycles. The zero-order valence-electron chi connectivity index (χ0n) is 12.7. The number of rotatable bonds is 6.